The third-order valence-electron chi connectivity index (χ3n) is 2.58. The Labute approximate surface area is 107 Å². The number of rotatable bonds is 5. The molecule has 98 valence electrons. The lowest BCUT2D eigenvalue weighted by Crippen LogP contribution is -2.32. The zero-order valence-electron chi connectivity index (χ0n) is 10.8. The first-order chi connectivity index (χ1) is 8.41. The Hall–Kier alpha value is -2.04. The third kappa shape index (κ3) is 3.76. The van der Waals surface area contributed by atoms with Gasteiger partial charge in [-0.1, -0.05) is 0 Å². The van der Waals surface area contributed by atoms with E-state index in [1.165, 1.54) is 0 Å². The van der Waals surface area contributed by atoms with Crippen LogP contribution in [0, 0.1) is 0 Å². The monoisotopic (exact) mass is 250 g/mol. The summed E-state index contributed by atoms with van der Waals surface area (Å²) >= 11 is 0. The van der Waals surface area contributed by atoms with Gasteiger partial charge < -0.3 is 15.4 Å². The number of ether oxygens (including phenoxy) is 1. The Balaban J connectivity index is 2.70. The highest BCUT2D eigenvalue weighted by molar-refractivity contribution is 5.94. The smallest absolute Gasteiger partial charge is 0.255 e. The van der Waals surface area contributed by atoms with Crippen LogP contribution < -0.4 is 10.5 Å². The van der Waals surface area contributed by atoms with Crippen LogP contribution in [0.3, 0.4) is 0 Å². The first kappa shape index (κ1) is 14.0. The predicted molar refractivity (Wildman–Crippen MR) is 68.4 cm³/mol. The molecule has 0 aliphatic carbocycles. The molecule has 0 aromatic heterocycles. The molecule has 18 heavy (non-hydrogen) atoms. The quantitative estimate of drug-likeness (QED) is 0.848. The molecule has 0 heterocycles. The highest BCUT2D eigenvalue weighted by Crippen LogP contribution is 2.14. The van der Waals surface area contributed by atoms with Crippen LogP contribution in [0.1, 0.15) is 24.2 Å². The minimum atomic E-state index is -0.533. The van der Waals surface area contributed by atoms with E-state index in [-0.39, 0.29) is 18.6 Å². The van der Waals surface area contributed by atoms with Crippen molar-refractivity contribution in [3.8, 4) is 5.75 Å². The number of amides is 2. The number of hydrogen-bond acceptors (Lipinski definition) is 3. The number of carbonyl (C=O) groups excluding carboxylic acids is 2. The molecule has 0 saturated carbocycles. The normalized spacial score (nSPS) is 10.2. The maximum Gasteiger partial charge on any atom is 0.255 e. The fourth-order valence-electron chi connectivity index (χ4n) is 1.29. The molecule has 2 N–H and O–H groups in total. The Morgan fingerprint density at radius 1 is 1.28 bits per heavy atom. The Bertz CT molecular complexity index is 426. The van der Waals surface area contributed by atoms with Crippen LogP contribution in [0.2, 0.25) is 0 Å². The summed E-state index contributed by atoms with van der Waals surface area (Å²) in [6.07, 6.45) is 0. The molecule has 0 atom stereocenters. The molecule has 5 heteroatoms. The van der Waals surface area contributed by atoms with Crippen LogP contribution in [0.4, 0.5) is 0 Å². The van der Waals surface area contributed by atoms with Crippen LogP contribution in [-0.4, -0.2) is 36.4 Å². The molecule has 1 aromatic rings. The lowest BCUT2D eigenvalue weighted by Gasteiger charge is -2.21. The fraction of sp³-hybridized carbons (Fsp3) is 0.385. The van der Waals surface area contributed by atoms with Crippen molar-refractivity contribution in [1.29, 1.82) is 0 Å². The summed E-state index contributed by atoms with van der Waals surface area (Å²) in [7, 11) is 1.75. The molecule has 2 amide bonds. The maximum atomic E-state index is 12.0. The molecule has 0 aliphatic heterocycles. The minimum Gasteiger partial charge on any atom is -0.484 e. The largest absolute Gasteiger partial charge is 0.484 e. The first-order valence-electron chi connectivity index (χ1n) is 5.70. The van der Waals surface area contributed by atoms with Gasteiger partial charge in [0.1, 0.15) is 5.75 Å². The van der Waals surface area contributed by atoms with Crippen molar-refractivity contribution in [2.24, 2.45) is 5.73 Å². The second kappa shape index (κ2) is 6.05. The molecule has 0 spiro atoms. The molecule has 0 aliphatic rings. The molecule has 5 nitrogen and oxygen atoms in total. The molecule has 1 aromatic carbocycles. The summed E-state index contributed by atoms with van der Waals surface area (Å²) in [5.41, 5.74) is 5.55. The summed E-state index contributed by atoms with van der Waals surface area (Å²) in [4.78, 5) is 24.2. The van der Waals surface area contributed by atoms with E-state index in [9.17, 15) is 9.59 Å². The molecule has 1 rings (SSSR count). The first-order valence-corrected chi connectivity index (χ1v) is 5.70. The lowest BCUT2D eigenvalue weighted by atomic mass is 10.2. The van der Waals surface area contributed by atoms with Gasteiger partial charge in [0.05, 0.1) is 0 Å². The van der Waals surface area contributed by atoms with Crippen LogP contribution in [-0.2, 0) is 4.79 Å². The van der Waals surface area contributed by atoms with Gasteiger partial charge in [-0.2, -0.15) is 0 Å². The average molecular weight is 250 g/mol. The third-order valence-corrected chi connectivity index (χ3v) is 2.58. The Morgan fingerprint density at radius 3 is 2.28 bits per heavy atom. The topological polar surface area (TPSA) is 72.6 Å². The minimum absolute atomic E-state index is 0.0496. The van der Waals surface area contributed by atoms with Crippen LogP contribution in [0.25, 0.3) is 0 Å². The van der Waals surface area contributed by atoms with Crippen LogP contribution in [0.5, 0.6) is 5.75 Å². The number of hydrogen-bond donors (Lipinski definition) is 1. The van der Waals surface area contributed by atoms with Gasteiger partial charge >= 0.3 is 0 Å². The van der Waals surface area contributed by atoms with Gasteiger partial charge in [0.25, 0.3) is 11.8 Å². The van der Waals surface area contributed by atoms with Gasteiger partial charge in [-0.3, -0.25) is 9.59 Å². The number of carbonyl (C=O) groups is 2. The maximum absolute atomic E-state index is 12.0. The highest BCUT2D eigenvalue weighted by atomic mass is 16.5. The van der Waals surface area contributed by atoms with Gasteiger partial charge in [0, 0.05) is 18.7 Å². The second-order valence-electron chi connectivity index (χ2n) is 4.29. The van der Waals surface area contributed by atoms with Gasteiger partial charge in [-0.15, -0.1) is 0 Å². The number of nitrogens with two attached hydrogens (primary N) is 1. The van der Waals surface area contributed by atoms with Crippen molar-refractivity contribution < 1.29 is 14.3 Å². The van der Waals surface area contributed by atoms with E-state index in [0.29, 0.717) is 11.3 Å². The Morgan fingerprint density at radius 2 is 1.83 bits per heavy atom. The standard InChI is InChI=1S/C13H18N2O3/c1-9(2)15(3)13(17)10-4-6-11(7-5-10)18-8-12(14)16/h4-7,9H,8H2,1-3H3,(H2,14,16). The van der Waals surface area contributed by atoms with E-state index >= 15 is 0 Å². The van der Waals surface area contributed by atoms with E-state index in [1.807, 2.05) is 13.8 Å². The molecule has 0 radical (unpaired) electrons. The summed E-state index contributed by atoms with van der Waals surface area (Å²) in [6.45, 7) is 3.73. The molecule has 0 unspecified atom stereocenters. The summed E-state index contributed by atoms with van der Waals surface area (Å²) < 4.78 is 5.11. The number of benzene rings is 1. The number of nitrogens with zero attached hydrogens (tertiary/aromatic N) is 1. The number of primary amides is 1. The van der Waals surface area contributed by atoms with Crippen LogP contribution in [0.15, 0.2) is 24.3 Å². The SMILES string of the molecule is CC(C)N(C)C(=O)c1ccc(OCC(N)=O)cc1. The van der Waals surface area contributed by atoms with Crippen LogP contribution >= 0.6 is 0 Å². The van der Waals surface area contributed by atoms with Gasteiger partial charge in [0.2, 0.25) is 0 Å². The van der Waals surface area contributed by atoms with Gasteiger partial charge in [-0.05, 0) is 38.1 Å². The van der Waals surface area contributed by atoms with Crippen molar-refractivity contribution in [1.82, 2.24) is 4.90 Å². The fourth-order valence-corrected chi connectivity index (χ4v) is 1.29. The molecule has 0 saturated heterocycles. The van der Waals surface area contributed by atoms with Crippen molar-refractivity contribution in [3.63, 3.8) is 0 Å². The van der Waals surface area contributed by atoms with Crippen molar-refractivity contribution in [2.45, 2.75) is 19.9 Å². The van der Waals surface area contributed by atoms with E-state index < -0.39 is 5.91 Å². The molecule has 0 bridgehead atoms. The average Bonchev–Trinajstić information content (AvgIpc) is 2.35. The summed E-state index contributed by atoms with van der Waals surface area (Å²) in [5, 5.41) is 0. The molecular weight excluding hydrogens is 232 g/mol. The summed E-state index contributed by atoms with van der Waals surface area (Å²) in [6, 6.07) is 6.76. The van der Waals surface area contributed by atoms with Crippen molar-refractivity contribution in [2.75, 3.05) is 13.7 Å². The van der Waals surface area contributed by atoms with E-state index in [0.717, 1.165) is 0 Å². The highest BCUT2D eigenvalue weighted by Gasteiger charge is 2.13. The zero-order valence-corrected chi connectivity index (χ0v) is 10.8. The molecular formula is C13H18N2O3. The lowest BCUT2D eigenvalue weighted by molar-refractivity contribution is -0.119. The van der Waals surface area contributed by atoms with E-state index in [4.69, 9.17) is 10.5 Å². The van der Waals surface area contributed by atoms with Gasteiger partial charge in [-0.25, -0.2) is 0 Å². The second-order valence-corrected chi connectivity index (χ2v) is 4.29. The van der Waals surface area contributed by atoms with Crippen molar-refractivity contribution in [3.05, 3.63) is 29.8 Å². The molecule has 0 fully saturated rings. The predicted octanol–water partition coefficient (Wildman–Crippen LogP) is 1.03. The van der Waals surface area contributed by atoms with Gasteiger partial charge in [0.15, 0.2) is 6.61 Å². The van der Waals surface area contributed by atoms with E-state index in [1.54, 1.807) is 36.2 Å². The van der Waals surface area contributed by atoms with Crippen molar-refractivity contribution >= 4 is 11.8 Å². The Kier molecular flexibility index (Phi) is 4.71. The van der Waals surface area contributed by atoms with E-state index in [2.05, 4.69) is 0 Å². The summed E-state index contributed by atoms with van der Waals surface area (Å²) in [5.74, 6) is -0.0707. The zero-order chi connectivity index (χ0) is 13.7.